The Balaban J connectivity index is 2.69. The van der Waals surface area contributed by atoms with Gasteiger partial charge in [-0.25, -0.2) is 0 Å². The van der Waals surface area contributed by atoms with Crippen molar-refractivity contribution in [3.63, 3.8) is 0 Å². The average molecular weight is 204 g/mol. The summed E-state index contributed by atoms with van der Waals surface area (Å²) in [7, 11) is 0. The molecule has 0 aliphatic heterocycles. The van der Waals surface area contributed by atoms with Crippen molar-refractivity contribution in [3.05, 3.63) is 41.9 Å². The Morgan fingerprint density at radius 2 is 2.07 bits per heavy atom. The van der Waals surface area contributed by atoms with Crippen LogP contribution in [0.25, 0.3) is 0 Å². The van der Waals surface area contributed by atoms with E-state index < -0.39 is 0 Å². The Morgan fingerprint density at radius 3 is 2.60 bits per heavy atom. The van der Waals surface area contributed by atoms with Gasteiger partial charge in [0.1, 0.15) is 5.69 Å². The van der Waals surface area contributed by atoms with Crippen molar-refractivity contribution in [2.75, 3.05) is 0 Å². The number of ketones is 1. The van der Waals surface area contributed by atoms with Crippen LogP contribution in [0.4, 0.5) is 0 Å². The summed E-state index contributed by atoms with van der Waals surface area (Å²) in [6.45, 7) is 3.08. The highest BCUT2D eigenvalue weighted by Crippen LogP contribution is 1.95. The van der Waals surface area contributed by atoms with Gasteiger partial charge in [-0.1, -0.05) is 6.07 Å². The lowest BCUT2D eigenvalue weighted by molar-refractivity contribution is -0.112. The molecule has 0 aliphatic carbocycles. The van der Waals surface area contributed by atoms with Gasteiger partial charge in [0, 0.05) is 11.9 Å². The van der Waals surface area contributed by atoms with E-state index in [1.165, 1.54) is 13.0 Å². The molecule has 78 valence electrons. The molecule has 0 saturated heterocycles. The lowest BCUT2D eigenvalue weighted by atomic mass is 10.3. The van der Waals surface area contributed by atoms with Crippen molar-refractivity contribution in [1.29, 1.82) is 0 Å². The molecule has 1 aromatic heterocycles. The van der Waals surface area contributed by atoms with E-state index in [2.05, 4.69) is 10.3 Å². The molecule has 1 amide bonds. The number of aromatic nitrogens is 1. The predicted octanol–water partition coefficient (Wildman–Crippen LogP) is 1.30. The van der Waals surface area contributed by atoms with E-state index in [0.29, 0.717) is 11.4 Å². The molecule has 0 spiro atoms. The SMILES string of the molecule is CC(=O)/C=C(/C)NC(=O)c1ccccn1. The van der Waals surface area contributed by atoms with E-state index in [0.717, 1.165) is 0 Å². The number of allylic oxidation sites excluding steroid dienone is 2. The number of hydrogen-bond acceptors (Lipinski definition) is 3. The van der Waals surface area contributed by atoms with Gasteiger partial charge in [0.15, 0.2) is 5.78 Å². The van der Waals surface area contributed by atoms with E-state index in [-0.39, 0.29) is 11.7 Å². The maximum absolute atomic E-state index is 11.5. The van der Waals surface area contributed by atoms with Crippen LogP contribution in [-0.2, 0) is 4.79 Å². The van der Waals surface area contributed by atoms with Gasteiger partial charge in [-0.05, 0) is 32.1 Å². The number of carbonyl (C=O) groups is 2. The molecule has 0 fully saturated rings. The van der Waals surface area contributed by atoms with Crippen molar-refractivity contribution >= 4 is 11.7 Å². The minimum Gasteiger partial charge on any atom is -0.325 e. The summed E-state index contributed by atoms with van der Waals surface area (Å²) in [6, 6.07) is 5.07. The molecular weight excluding hydrogens is 192 g/mol. The minimum absolute atomic E-state index is 0.103. The molecule has 4 nitrogen and oxygen atoms in total. The van der Waals surface area contributed by atoms with Gasteiger partial charge >= 0.3 is 0 Å². The number of pyridine rings is 1. The van der Waals surface area contributed by atoms with Gasteiger partial charge in [0.25, 0.3) is 5.91 Å². The number of nitrogens with zero attached hydrogens (tertiary/aromatic N) is 1. The third-order valence-corrected chi connectivity index (χ3v) is 1.63. The second kappa shape index (κ2) is 5.05. The third kappa shape index (κ3) is 3.72. The van der Waals surface area contributed by atoms with Crippen LogP contribution in [0.5, 0.6) is 0 Å². The molecule has 0 aliphatic rings. The van der Waals surface area contributed by atoms with Gasteiger partial charge in [-0.3, -0.25) is 14.6 Å². The van der Waals surface area contributed by atoms with Crippen molar-refractivity contribution in [1.82, 2.24) is 10.3 Å². The van der Waals surface area contributed by atoms with E-state index in [4.69, 9.17) is 0 Å². The molecule has 0 unspecified atom stereocenters. The highest BCUT2D eigenvalue weighted by molar-refractivity contribution is 5.94. The smallest absolute Gasteiger partial charge is 0.273 e. The maximum Gasteiger partial charge on any atom is 0.273 e. The minimum atomic E-state index is -0.314. The number of nitrogens with one attached hydrogen (secondary N) is 1. The molecule has 0 bridgehead atoms. The highest BCUT2D eigenvalue weighted by Gasteiger charge is 2.05. The summed E-state index contributed by atoms with van der Waals surface area (Å²) in [4.78, 5) is 26.1. The molecule has 1 N–H and O–H groups in total. The fourth-order valence-corrected chi connectivity index (χ4v) is 1.08. The summed E-state index contributed by atoms with van der Waals surface area (Å²) in [5.74, 6) is -0.417. The maximum atomic E-state index is 11.5. The topological polar surface area (TPSA) is 59.1 Å². The highest BCUT2D eigenvalue weighted by atomic mass is 16.2. The number of rotatable bonds is 3. The largest absolute Gasteiger partial charge is 0.325 e. The van der Waals surface area contributed by atoms with Gasteiger partial charge in [-0.2, -0.15) is 0 Å². The molecule has 1 rings (SSSR count). The van der Waals surface area contributed by atoms with Crippen LogP contribution in [0.2, 0.25) is 0 Å². The quantitative estimate of drug-likeness (QED) is 0.755. The number of hydrogen-bond donors (Lipinski definition) is 1. The van der Waals surface area contributed by atoms with Gasteiger partial charge in [0.2, 0.25) is 0 Å². The standard InChI is InChI=1S/C11H12N2O2/c1-8(7-9(2)14)13-11(15)10-5-3-4-6-12-10/h3-7H,1-2H3,(H,13,15)/b8-7-. The van der Waals surface area contributed by atoms with Crippen LogP contribution in [0.3, 0.4) is 0 Å². The molecule has 1 heterocycles. The third-order valence-electron chi connectivity index (χ3n) is 1.63. The molecule has 0 saturated carbocycles. The lowest BCUT2D eigenvalue weighted by Gasteiger charge is -2.03. The molecule has 0 radical (unpaired) electrons. The predicted molar refractivity (Wildman–Crippen MR) is 56.1 cm³/mol. The lowest BCUT2D eigenvalue weighted by Crippen LogP contribution is -2.22. The summed E-state index contributed by atoms with van der Waals surface area (Å²) in [6.07, 6.45) is 2.90. The van der Waals surface area contributed by atoms with E-state index in [1.54, 1.807) is 31.3 Å². The van der Waals surface area contributed by atoms with Crippen LogP contribution in [0, 0.1) is 0 Å². The van der Waals surface area contributed by atoms with E-state index in [1.807, 2.05) is 0 Å². The normalized spacial score (nSPS) is 10.9. The van der Waals surface area contributed by atoms with Crippen molar-refractivity contribution < 1.29 is 9.59 Å². The fraction of sp³-hybridized carbons (Fsp3) is 0.182. The zero-order chi connectivity index (χ0) is 11.3. The van der Waals surface area contributed by atoms with Crippen molar-refractivity contribution in [2.45, 2.75) is 13.8 Å². The average Bonchev–Trinajstić information content (AvgIpc) is 2.17. The Morgan fingerprint density at radius 1 is 1.33 bits per heavy atom. The van der Waals surface area contributed by atoms with Crippen LogP contribution in [-0.4, -0.2) is 16.7 Å². The Bertz CT molecular complexity index is 396. The second-order valence-electron chi connectivity index (χ2n) is 3.11. The summed E-state index contributed by atoms with van der Waals surface area (Å²) < 4.78 is 0. The Hall–Kier alpha value is -1.97. The molecular formula is C11H12N2O2. The zero-order valence-corrected chi connectivity index (χ0v) is 8.65. The number of carbonyl (C=O) groups excluding carboxylic acids is 2. The molecule has 1 aromatic rings. The second-order valence-corrected chi connectivity index (χ2v) is 3.11. The van der Waals surface area contributed by atoms with Gasteiger partial charge < -0.3 is 5.32 Å². The summed E-state index contributed by atoms with van der Waals surface area (Å²) in [5, 5.41) is 2.57. The van der Waals surface area contributed by atoms with Crippen LogP contribution in [0.1, 0.15) is 24.3 Å². The molecule has 0 aromatic carbocycles. The Kier molecular flexibility index (Phi) is 3.74. The fourth-order valence-electron chi connectivity index (χ4n) is 1.08. The van der Waals surface area contributed by atoms with Crippen molar-refractivity contribution in [2.24, 2.45) is 0 Å². The zero-order valence-electron chi connectivity index (χ0n) is 8.65. The molecule has 0 atom stereocenters. The van der Waals surface area contributed by atoms with Crippen molar-refractivity contribution in [3.8, 4) is 0 Å². The summed E-state index contributed by atoms with van der Waals surface area (Å²) >= 11 is 0. The van der Waals surface area contributed by atoms with Crippen LogP contribution < -0.4 is 5.32 Å². The van der Waals surface area contributed by atoms with Crippen LogP contribution in [0.15, 0.2) is 36.2 Å². The Labute approximate surface area is 88.0 Å². The van der Waals surface area contributed by atoms with Gasteiger partial charge in [-0.15, -0.1) is 0 Å². The number of amides is 1. The monoisotopic (exact) mass is 204 g/mol. The first kappa shape index (κ1) is 11.1. The molecule has 15 heavy (non-hydrogen) atoms. The first-order valence-corrected chi connectivity index (χ1v) is 4.51. The first-order valence-electron chi connectivity index (χ1n) is 4.51. The summed E-state index contributed by atoms with van der Waals surface area (Å²) in [5.41, 5.74) is 0.840. The molecule has 4 heteroatoms. The van der Waals surface area contributed by atoms with E-state index >= 15 is 0 Å². The first-order chi connectivity index (χ1) is 7.09. The van der Waals surface area contributed by atoms with Gasteiger partial charge in [0.05, 0.1) is 0 Å². The van der Waals surface area contributed by atoms with E-state index in [9.17, 15) is 9.59 Å². The van der Waals surface area contributed by atoms with Crippen LogP contribution >= 0.6 is 0 Å².